The molecule has 3 aromatic rings. The molecule has 5 nitrogen and oxygen atoms in total. The minimum Gasteiger partial charge on any atom is -0.344 e. The molecular formula is C21H15ClF6N4O. The fourth-order valence-electron chi connectivity index (χ4n) is 3.64. The minimum absolute atomic E-state index is 0.203. The van der Waals surface area contributed by atoms with Crippen LogP contribution in [0.25, 0.3) is 11.3 Å². The van der Waals surface area contributed by atoms with E-state index in [1.165, 1.54) is 6.07 Å². The average molecular weight is 489 g/mol. The van der Waals surface area contributed by atoms with E-state index in [1.54, 1.807) is 10.7 Å². The highest BCUT2D eigenvalue weighted by Crippen LogP contribution is 2.34. The summed E-state index contributed by atoms with van der Waals surface area (Å²) in [6.07, 6.45) is -7.16. The van der Waals surface area contributed by atoms with Gasteiger partial charge < -0.3 is 5.32 Å². The fraction of sp³-hybridized carbons (Fsp3) is 0.286. The summed E-state index contributed by atoms with van der Waals surface area (Å²) in [4.78, 5) is 16.0. The Hall–Kier alpha value is -3.08. The van der Waals surface area contributed by atoms with Gasteiger partial charge >= 0.3 is 12.4 Å². The van der Waals surface area contributed by atoms with E-state index in [0.717, 1.165) is 24.4 Å². The Morgan fingerprint density at radius 2 is 1.82 bits per heavy atom. The van der Waals surface area contributed by atoms with Gasteiger partial charge in [-0.05, 0) is 49.2 Å². The predicted molar refractivity (Wildman–Crippen MR) is 106 cm³/mol. The van der Waals surface area contributed by atoms with E-state index in [0.29, 0.717) is 31.1 Å². The van der Waals surface area contributed by atoms with Crippen molar-refractivity contribution in [2.45, 2.75) is 37.8 Å². The van der Waals surface area contributed by atoms with Crippen LogP contribution < -0.4 is 5.32 Å². The summed E-state index contributed by atoms with van der Waals surface area (Å²) in [6, 6.07) is 5.80. The number of hydrogen-bond acceptors (Lipinski definition) is 3. The zero-order valence-electron chi connectivity index (χ0n) is 16.6. The van der Waals surface area contributed by atoms with Gasteiger partial charge in [-0.25, -0.2) is 0 Å². The normalized spacial score (nSPS) is 16.4. The summed E-state index contributed by atoms with van der Waals surface area (Å²) in [5.74, 6) is -0.757. The molecule has 0 fully saturated rings. The van der Waals surface area contributed by atoms with Crippen molar-refractivity contribution in [2.75, 3.05) is 0 Å². The van der Waals surface area contributed by atoms with Crippen LogP contribution in [0, 0.1) is 0 Å². The topological polar surface area (TPSA) is 59.8 Å². The van der Waals surface area contributed by atoms with E-state index < -0.39 is 35.6 Å². The van der Waals surface area contributed by atoms with Crippen molar-refractivity contribution in [1.29, 1.82) is 0 Å². The second kappa shape index (κ2) is 8.36. The zero-order chi connectivity index (χ0) is 24.0. The molecule has 174 valence electrons. The van der Waals surface area contributed by atoms with Gasteiger partial charge in [0.15, 0.2) is 0 Å². The van der Waals surface area contributed by atoms with Gasteiger partial charge in [-0.1, -0.05) is 11.6 Å². The molecule has 0 aliphatic carbocycles. The monoisotopic (exact) mass is 488 g/mol. The fourth-order valence-corrected chi connectivity index (χ4v) is 3.88. The maximum Gasteiger partial charge on any atom is 0.433 e. The Morgan fingerprint density at radius 1 is 1.06 bits per heavy atom. The summed E-state index contributed by atoms with van der Waals surface area (Å²) in [7, 11) is 0. The molecule has 33 heavy (non-hydrogen) atoms. The van der Waals surface area contributed by atoms with Crippen molar-refractivity contribution in [3.05, 3.63) is 70.1 Å². The third-order valence-corrected chi connectivity index (χ3v) is 5.39. The Morgan fingerprint density at radius 3 is 2.52 bits per heavy atom. The number of pyridine rings is 1. The van der Waals surface area contributed by atoms with Crippen molar-refractivity contribution in [1.82, 2.24) is 20.1 Å². The largest absolute Gasteiger partial charge is 0.433 e. The minimum atomic E-state index is -4.67. The molecular weight excluding hydrogens is 474 g/mol. The van der Waals surface area contributed by atoms with Gasteiger partial charge in [0.2, 0.25) is 0 Å². The van der Waals surface area contributed by atoms with Gasteiger partial charge in [-0.15, -0.1) is 0 Å². The summed E-state index contributed by atoms with van der Waals surface area (Å²) in [5, 5.41) is 6.78. The van der Waals surface area contributed by atoms with Gasteiger partial charge in [0, 0.05) is 28.9 Å². The quantitative estimate of drug-likeness (QED) is 0.467. The molecule has 1 atom stereocenters. The maximum absolute atomic E-state index is 13.1. The van der Waals surface area contributed by atoms with Crippen LogP contribution >= 0.6 is 11.6 Å². The van der Waals surface area contributed by atoms with E-state index in [2.05, 4.69) is 15.4 Å². The molecule has 1 aliphatic rings. The van der Waals surface area contributed by atoms with Crippen molar-refractivity contribution in [3.8, 4) is 11.3 Å². The van der Waals surface area contributed by atoms with E-state index in [-0.39, 0.29) is 21.8 Å². The van der Waals surface area contributed by atoms with E-state index in [9.17, 15) is 31.1 Å². The molecule has 1 amide bonds. The third-order valence-electron chi connectivity index (χ3n) is 5.17. The maximum atomic E-state index is 13.1. The number of fused-ring (bicyclic) bond motifs is 1. The van der Waals surface area contributed by atoms with Crippen LogP contribution in [0.5, 0.6) is 0 Å². The highest BCUT2D eigenvalue weighted by atomic mass is 35.5. The number of amides is 1. The Labute approximate surface area is 188 Å². The van der Waals surface area contributed by atoms with Crippen LogP contribution in [0.2, 0.25) is 5.02 Å². The first-order valence-electron chi connectivity index (χ1n) is 9.72. The molecule has 0 bridgehead atoms. The summed E-state index contributed by atoms with van der Waals surface area (Å²) < 4.78 is 79.7. The van der Waals surface area contributed by atoms with Gasteiger partial charge in [-0.3, -0.25) is 14.5 Å². The molecule has 3 heterocycles. The number of alkyl halides is 6. The second-order valence-electron chi connectivity index (χ2n) is 7.50. The van der Waals surface area contributed by atoms with Crippen molar-refractivity contribution in [2.24, 2.45) is 0 Å². The summed E-state index contributed by atoms with van der Waals surface area (Å²) in [5.41, 5.74) is -1.36. The van der Waals surface area contributed by atoms with Crippen molar-refractivity contribution >= 4 is 17.5 Å². The number of aryl methyl sites for hydroxylation is 1. The molecule has 4 rings (SSSR count). The Bertz CT molecular complexity index is 1200. The molecule has 0 spiro atoms. The van der Waals surface area contributed by atoms with Crippen LogP contribution in [0.3, 0.4) is 0 Å². The number of halogens is 7. The number of hydrogen-bond donors (Lipinski definition) is 1. The highest BCUT2D eigenvalue weighted by molar-refractivity contribution is 6.31. The molecule has 1 aromatic carbocycles. The first-order valence-corrected chi connectivity index (χ1v) is 10.1. The smallest absolute Gasteiger partial charge is 0.344 e. The van der Waals surface area contributed by atoms with Crippen molar-refractivity contribution < 1.29 is 31.1 Å². The van der Waals surface area contributed by atoms with E-state index >= 15 is 0 Å². The molecule has 2 aromatic heterocycles. The first-order chi connectivity index (χ1) is 15.4. The predicted octanol–water partition coefficient (Wildman–Crippen LogP) is 5.90. The number of carbonyl (C=O) groups is 1. The lowest BCUT2D eigenvalue weighted by molar-refractivity contribution is -0.141. The lowest BCUT2D eigenvalue weighted by Crippen LogP contribution is -2.32. The van der Waals surface area contributed by atoms with Gasteiger partial charge in [0.25, 0.3) is 5.91 Å². The number of benzene rings is 1. The first kappa shape index (κ1) is 23.1. The summed E-state index contributed by atoms with van der Waals surface area (Å²) in [6.45, 7) is 0.480. The third kappa shape index (κ3) is 4.97. The molecule has 0 radical (unpaired) electrons. The van der Waals surface area contributed by atoms with Gasteiger partial charge in [0.1, 0.15) is 5.69 Å². The lowest BCUT2D eigenvalue weighted by atomic mass is 10.0. The lowest BCUT2D eigenvalue weighted by Gasteiger charge is -2.24. The van der Waals surface area contributed by atoms with Crippen molar-refractivity contribution in [3.63, 3.8) is 0 Å². The van der Waals surface area contributed by atoms with E-state index in [1.807, 2.05) is 0 Å². The SMILES string of the molecule is O=C(NC1CCCn2nc(-c3ccnc(C(F)(F)F)c3)cc21)c1cc(Cl)cc(C(F)(F)F)c1. The standard InChI is InChI=1S/C21H15ClF6N4O/c22-14-7-12(6-13(9-14)20(23,24)25)19(33)30-15-2-1-5-32-17(15)10-16(31-32)11-3-4-29-18(8-11)21(26,27)28/h3-4,6-10,15H,1-2,5H2,(H,30,33). The number of rotatable bonds is 3. The molecule has 0 saturated heterocycles. The number of aromatic nitrogens is 3. The number of carbonyl (C=O) groups excluding carboxylic acids is 1. The van der Waals surface area contributed by atoms with Crippen LogP contribution in [-0.2, 0) is 18.9 Å². The molecule has 0 saturated carbocycles. The molecule has 1 aliphatic heterocycles. The molecule has 12 heteroatoms. The van der Waals surface area contributed by atoms with Crippen LogP contribution in [0.4, 0.5) is 26.3 Å². The number of nitrogens with zero attached hydrogens (tertiary/aromatic N) is 3. The summed E-state index contributed by atoms with van der Waals surface area (Å²) >= 11 is 5.76. The van der Waals surface area contributed by atoms with Crippen LogP contribution in [0.1, 0.15) is 46.2 Å². The van der Waals surface area contributed by atoms with Gasteiger partial charge in [-0.2, -0.15) is 31.4 Å². The number of nitrogens with one attached hydrogen (secondary N) is 1. The van der Waals surface area contributed by atoms with E-state index in [4.69, 9.17) is 11.6 Å². The Kier molecular flexibility index (Phi) is 5.85. The van der Waals surface area contributed by atoms with Gasteiger partial charge in [0.05, 0.1) is 23.0 Å². The van der Waals surface area contributed by atoms with Crippen LogP contribution in [0.15, 0.2) is 42.6 Å². The zero-order valence-corrected chi connectivity index (χ0v) is 17.4. The van der Waals surface area contributed by atoms with Crippen LogP contribution in [-0.4, -0.2) is 20.7 Å². The molecule has 1 unspecified atom stereocenters. The molecule has 1 N–H and O–H groups in total. The Balaban J connectivity index is 1.61. The highest BCUT2D eigenvalue weighted by Gasteiger charge is 2.34. The average Bonchev–Trinajstić information content (AvgIpc) is 3.17. The second-order valence-corrected chi connectivity index (χ2v) is 7.94.